The molecule has 2 bridgehead atoms. The van der Waals surface area contributed by atoms with Crippen molar-refractivity contribution in [2.75, 3.05) is 7.05 Å². The minimum absolute atomic E-state index is 0.0729. The van der Waals surface area contributed by atoms with Gasteiger partial charge in [-0.1, -0.05) is 18.5 Å². The molecule has 0 saturated carbocycles. The van der Waals surface area contributed by atoms with Gasteiger partial charge in [0.15, 0.2) is 0 Å². The van der Waals surface area contributed by atoms with E-state index in [9.17, 15) is 4.79 Å². The number of fused-ring (bicyclic) bond motifs is 2. The number of carbonyl (C=O) groups excluding carboxylic acids is 1. The van der Waals surface area contributed by atoms with Gasteiger partial charge < -0.3 is 10.2 Å². The van der Waals surface area contributed by atoms with Gasteiger partial charge in [-0.2, -0.15) is 5.10 Å². The fourth-order valence-electron chi connectivity index (χ4n) is 4.24. The maximum Gasteiger partial charge on any atom is 0.245 e. The predicted molar refractivity (Wildman–Crippen MR) is 91.8 cm³/mol. The van der Waals surface area contributed by atoms with Crippen molar-refractivity contribution >= 4 is 17.5 Å². The lowest BCUT2D eigenvalue weighted by Crippen LogP contribution is -2.50. The summed E-state index contributed by atoms with van der Waals surface area (Å²) in [5.74, 6) is 0.0729. The third kappa shape index (κ3) is 3.01. The fraction of sp³-hybridized carbons (Fsp3) is 0.765. The molecular weight excluding hydrogens is 312 g/mol. The summed E-state index contributed by atoms with van der Waals surface area (Å²) in [6.45, 7) is 5.83. The molecule has 2 aliphatic heterocycles. The highest BCUT2D eigenvalue weighted by atomic mass is 35.5. The van der Waals surface area contributed by atoms with Crippen LogP contribution in [0, 0.1) is 13.8 Å². The Bertz CT molecular complexity index is 586. The van der Waals surface area contributed by atoms with E-state index >= 15 is 0 Å². The molecule has 128 valence electrons. The zero-order chi connectivity index (χ0) is 16.7. The van der Waals surface area contributed by atoms with E-state index in [-0.39, 0.29) is 18.0 Å². The molecule has 0 spiro atoms. The molecule has 2 fully saturated rings. The Hall–Kier alpha value is -1.07. The van der Waals surface area contributed by atoms with Gasteiger partial charge in [-0.05, 0) is 53.0 Å². The number of hydrogen-bond donors (Lipinski definition) is 1. The van der Waals surface area contributed by atoms with Crippen LogP contribution in [-0.4, -0.2) is 45.8 Å². The Kier molecular flexibility index (Phi) is 4.70. The lowest BCUT2D eigenvalue weighted by molar-refractivity contribution is -0.126. The molecule has 23 heavy (non-hydrogen) atoms. The van der Waals surface area contributed by atoms with Gasteiger partial charge in [0.05, 0.1) is 16.4 Å². The minimum atomic E-state index is -0.279. The molecule has 0 aliphatic carbocycles. The Morgan fingerprint density at radius 3 is 2.43 bits per heavy atom. The van der Waals surface area contributed by atoms with E-state index in [0.29, 0.717) is 23.5 Å². The average molecular weight is 339 g/mol. The number of rotatable bonds is 4. The standard InChI is InChI=1S/C17H27ClN4O/c1-5-15(22-11(3)16(18)10(2)20-22)17(23)19-12-8-13-6-7-14(9-12)21(13)4/h12-15H,5-9H2,1-4H3,(H,19,23). The van der Waals surface area contributed by atoms with Crippen LogP contribution < -0.4 is 5.32 Å². The summed E-state index contributed by atoms with van der Waals surface area (Å²) in [5, 5.41) is 8.40. The largest absolute Gasteiger partial charge is 0.351 e. The van der Waals surface area contributed by atoms with Crippen molar-refractivity contribution in [3.63, 3.8) is 0 Å². The van der Waals surface area contributed by atoms with Crippen molar-refractivity contribution in [3.8, 4) is 0 Å². The highest BCUT2D eigenvalue weighted by Crippen LogP contribution is 2.34. The van der Waals surface area contributed by atoms with Crippen LogP contribution in [0.3, 0.4) is 0 Å². The first-order chi connectivity index (χ1) is 10.9. The number of piperidine rings is 1. The van der Waals surface area contributed by atoms with Crippen molar-refractivity contribution < 1.29 is 4.79 Å². The van der Waals surface area contributed by atoms with Crippen LogP contribution in [0.25, 0.3) is 0 Å². The van der Waals surface area contributed by atoms with Crippen LogP contribution in [0.2, 0.25) is 5.02 Å². The summed E-state index contributed by atoms with van der Waals surface area (Å²) in [6, 6.07) is 1.26. The SMILES string of the molecule is CCC(C(=O)NC1CC2CCC(C1)N2C)n1nc(C)c(Cl)c1C. The van der Waals surface area contributed by atoms with E-state index in [0.717, 1.165) is 24.2 Å². The number of aromatic nitrogens is 2. The summed E-state index contributed by atoms with van der Waals surface area (Å²) in [5.41, 5.74) is 1.65. The molecule has 1 aromatic rings. The van der Waals surface area contributed by atoms with Crippen molar-refractivity contribution in [1.29, 1.82) is 0 Å². The number of halogens is 1. The normalized spacial score (nSPS) is 28.8. The molecule has 1 amide bonds. The van der Waals surface area contributed by atoms with Gasteiger partial charge in [-0.15, -0.1) is 0 Å². The second-order valence-corrected chi connectivity index (χ2v) is 7.46. The van der Waals surface area contributed by atoms with Crippen LogP contribution in [0.1, 0.15) is 56.5 Å². The summed E-state index contributed by atoms with van der Waals surface area (Å²) in [7, 11) is 2.22. The molecule has 5 nitrogen and oxygen atoms in total. The van der Waals surface area contributed by atoms with Crippen molar-refractivity contribution in [2.24, 2.45) is 0 Å². The monoisotopic (exact) mass is 338 g/mol. The first-order valence-electron chi connectivity index (χ1n) is 8.65. The summed E-state index contributed by atoms with van der Waals surface area (Å²) in [6.07, 6.45) is 5.36. The quantitative estimate of drug-likeness (QED) is 0.918. The first kappa shape index (κ1) is 16.8. The third-order valence-electron chi connectivity index (χ3n) is 5.67. The van der Waals surface area contributed by atoms with Gasteiger partial charge in [0.25, 0.3) is 0 Å². The van der Waals surface area contributed by atoms with Crippen molar-refractivity contribution in [1.82, 2.24) is 20.0 Å². The molecule has 1 aromatic heterocycles. The maximum absolute atomic E-state index is 12.8. The molecule has 3 unspecified atom stereocenters. The van der Waals surface area contributed by atoms with E-state index in [1.165, 1.54) is 12.8 Å². The fourth-order valence-corrected chi connectivity index (χ4v) is 4.37. The number of amides is 1. The number of aryl methyl sites for hydroxylation is 1. The van der Waals surface area contributed by atoms with Gasteiger partial charge in [-0.3, -0.25) is 9.48 Å². The van der Waals surface area contributed by atoms with Gasteiger partial charge >= 0.3 is 0 Å². The highest BCUT2D eigenvalue weighted by Gasteiger charge is 2.39. The van der Waals surface area contributed by atoms with Crippen LogP contribution >= 0.6 is 11.6 Å². The van der Waals surface area contributed by atoms with Gasteiger partial charge in [0.1, 0.15) is 6.04 Å². The molecule has 3 heterocycles. The predicted octanol–water partition coefficient (Wildman–Crippen LogP) is 2.85. The number of carbonyl (C=O) groups is 1. The maximum atomic E-state index is 12.8. The van der Waals surface area contributed by atoms with E-state index in [2.05, 4.69) is 22.4 Å². The smallest absolute Gasteiger partial charge is 0.245 e. The van der Waals surface area contributed by atoms with Crippen LogP contribution in [0.15, 0.2) is 0 Å². The van der Waals surface area contributed by atoms with Crippen LogP contribution in [0.5, 0.6) is 0 Å². The molecule has 3 atom stereocenters. The van der Waals surface area contributed by atoms with E-state index < -0.39 is 0 Å². The number of nitrogens with zero attached hydrogens (tertiary/aromatic N) is 3. The Morgan fingerprint density at radius 1 is 1.35 bits per heavy atom. The van der Waals surface area contributed by atoms with Gasteiger partial charge in [-0.25, -0.2) is 0 Å². The first-order valence-corrected chi connectivity index (χ1v) is 9.03. The Morgan fingerprint density at radius 2 is 1.96 bits per heavy atom. The molecule has 2 aliphatic rings. The molecule has 0 aromatic carbocycles. The second-order valence-electron chi connectivity index (χ2n) is 7.08. The molecule has 0 radical (unpaired) electrons. The van der Waals surface area contributed by atoms with Crippen molar-refractivity contribution in [3.05, 3.63) is 16.4 Å². The summed E-state index contributed by atoms with van der Waals surface area (Å²) < 4.78 is 1.79. The van der Waals surface area contributed by atoms with Gasteiger partial charge in [0.2, 0.25) is 5.91 Å². The molecule has 6 heteroatoms. The zero-order valence-corrected chi connectivity index (χ0v) is 15.2. The average Bonchev–Trinajstić information content (AvgIpc) is 2.87. The number of hydrogen-bond acceptors (Lipinski definition) is 3. The topological polar surface area (TPSA) is 50.2 Å². The molecule has 2 saturated heterocycles. The Labute approximate surface area is 143 Å². The minimum Gasteiger partial charge on any atom is -0.351 e. The Balaban J connectivity index is 1.70. The molecule has 3 rings (SSSR count). The lowest BCUT2D eigenvalue weighted by Gasteiger charge is -2.37. The van der Waals surface area contributed by atoms with Crippen molar-refractivity contribution in [2.45, 2.75) is 77.0 Å². The van der Waals surface area contributed by atoms with Crippen LogP contribution in [0.4, 0.5) is 0 Å². The highest BCUT2D eigenvalue weighted by molar-refractivity contribution is 6.31. The number of nitrogens with one attached hydrogen (secondary N) is 1. The summed E-state index contributed by atoms with van der Waals surface area (Å²) >= 11 is 6.24. The van der Waals surface area contributed by atoms with E-state index in [4.69, 9.17) is 11.6 Å². The third-order valence-corrected chi connectivity index (χ3v) is 6.21. The molecule has 1 N–H and O–H groups in total. The summed E-state index contributed by atoms with van der Waals surface area (Å²) in [4.78, 5) is 15.3. The molecular formula is C17H27ClN4O. The van der Waals surface area contributed by atoms with Gasteiger partial charge in [0, 0.05) is 18.1 Å². The van der Waals surface area contributed by atoms with E-state index in [1.807, 2.05) is 20.8 Å². The van der Waals surface area contributed by atoms with E-state index in [1.54, 1.807) is 4.68 Å². The second kappa shape index (κ2) is 6.44. The lowest BCUT2D eigenvalue weighted by atomic mass is 9.97. The van der Waals surface area contributed by atoms with Crippen LogP contribution in [-0.2, 0) is 4.79 Å². The zero-order valence-electron chi connectivity index (χ0n) is 14.5.